The molecule has 1 aliphatic rings. The maximum atomic E-state index is 14.7. The standard InChI is InChI=1S/C37H55N5O6/c1-34(2,32(44)40-24-37(7,8)48-20-18-36(5,6)46-9)23-35(3,4)33(45)41-22-26-14-10-11-15-27(26)30(38)31(42(39)19-21-47-25-43)28-16-12-13-17-29(28)41/h10-17,25H,18-24,38-39H2,1-9H3,(H,40,44)/b31-30-. The number of amides is 2. The van der Waals surface area contributed by atoms with Crippen molar-refractivity contribution in [1.82, 2.24) is 10.3 Å². The first-order valence-corrected chi connectivity index (χ1v) is 16.4. The average Bonchev–Trinajstić information content (AvgIpc) is 3.01. The van der Waals surface area contributed by atoms with Gasteiger partial charge in [0.2, 0.25) is 11.8 Å². The molecule has 2 aromatic carbocycles. The van der Waals surface area contributed by atoms with Crippen LogP contribution >= 0.6 is 0 Å². The Morgan fingerprint density at radius 3 is 2.19 bits per heavy atom. The van der Waals surface area contributed by atoms with E-state index in [2.05, 4.69) is 5.32 Å². The van der Waals surface area contributed by atoms with Crippen LogP contribution in [0.1, 0.15) is 84.9 Å². The number of nitrogens with one attached hydrogen (secondary N) is 1. The minimum absolute atomic E-state index is 0.0583. The molecule has 2 amide bonds. The fourth-order valence-electron chi connectivity index (χ4n) is 6.04. The molecule has 3 rings (SSSR count). The average molecular weight is 666 g/mol. The SMILES string of the molecule is COC(C)(C)CCOC(C)(C)CNC(=O)C(C)(C)CC(C)(C)C(=O)N1Cc2ccccc2/C(N)=C(/N(N)CCOC=O)c2ccccc21. The minimum atomic E-state index is -0.949. The van der Waals surface area contributed by atoms with E-state index in [1.54, 1.807) is 12.0 Å². The number of methoxy groups -OCH3 is 1. The Bertz CT molecular complexity index is 1480. The van der Waals surface area contributed by atoms with E-state index in [-0.39, 0.29) is 43.5 Å². The Labute approximate surface area is 285 Å². The van der Waals surface area contributed by atoms with Gasteiger partial charge in [-0.15, -0.1) is 0 Å². The van der Waals surface area contributed by atoms with Crippen LogP contribution in [0.25, 0.3) is 11.4 Å². The Hall–Kier alpha value is -3.93. The Balaban J connectivity index is 1.89. The van der Waals surface area contributed by atoms with Gasteiger partial charge in [0.05, 0.1) is 48.0 Å². The maximum absolute atomic E-state index is 14.7. The molecule has 48 heavy (non-hydrogen) atoms. The number of nitrogens with two attached hydrogens (primary N) is 2. The molecular formula is C37H55N5O6. The molecule has 0 bridgehead atoms. The van der Waals surface area contributed by atoms with E-state index in [0.717, 1.165) is 11.1 Å². The molecule has 2 aromatic rings. The predicted molar refractivity (Wildman–Crippen MR) is 189 cm³/mol. The summed E-state index contributed by atoms with van der Waals surface area (Å²) in [5.41, 5.74) is 7.93. The van der Waals surface area contributed by atoms with Crippen molar-refractivity contribution in [3.05, 3.63) is 65.2 Å². The Kier molecular flexibility index (Phi) is 12.5. The van der Waals surface area contributed by atoms with Crippen molar-refractivity contribution in [2.75, 3.05) is 38.3 Å². The number of hydrazine groups is 1. The Morgan fingerprint density at radius 2 is 1.54 bits per heavy atom. The summed E-state index contributed by atoms with van der Waals surface area (Å²) in [6.45, 7) is 17.1. The zero-order chi connectivity index (χ0) is 35.9. The van der Waals surface area contributed by atoms with E-state index >= 15 is 0 Å². The summed E-state index contributed by atoms with van der Waals surface area (Å²) in [5.74, 6) is 6.23. The lowest BCUT2D eigenvalue weighted by atomic mass is 9.73. The molecule has 0 fully saturated rings. The van der Waals surface area contributed by atoms with E-state index in [9.17, 15) is 14.4 Å². The van der Waals surface area contributed by atoms with Gasteiger partial charge in [-0.2, -0.15) is 0 Å². The number of fused-ring (bicyclic) bond motifs is 2. The van der Waals surface area contributed by atoms with Crippen LogP contribution in [0.5, 0.6) is 0 Å². The lowest BCUT2D eigenvalue weighted by Gasteiger charge is -2.39. The van der Waals surface area contributed by atoms with Crippen LogP contribution in [-0.4, -0.2) is 67.9 Å². The molecule has 1 aliphatic heterocycles. The quantitative estimate of drug-likeness (QED) is 0.0992. The molecule has 264 valence electrons. The monoisotopic (exact) mass is 665 g/mol. The highest BCUT2D eigenvalue weighted by atomic mass is 16.5. The summed E-state index contributed by atoms with van der Waals surface area (Å²) in [6.07, 6.45) is 1.000. The third-order valence-electron chi connectivity index (χ3n) is 8.89. The number of nitrogens with zero attached hydrogens (tertiary/aromatic N) is 2. The highest BCUT2D eigenvalue weighted by Crippen LogP contribution is 2.41. The van der Waals surface area contributed by atoms with E-state index in [1.165, 1.54) is 5.01 Å². The minimum Gasteiger partial charge on any atom is -0.466 e. The number of hydrogen-bond acceptors (Lipinski definition) is 9. The van der Waals surface area contributed by atoms with Crippen LogP contribution in [-0.2, 0) is 35.1 Å². The van der Waals surface area contributed by atoms with Gasteiger partial charge in [-0.05, 0) is 52.2 Å². The van der Waals surface area contributed by atoms with E-state index < -0.39 is 16.4 Å². The second-order valence-corrected chi connectivity index (χ2v) is 14.9. The topological polar surface area (TPSA) is 149 Å². The van der Waals surface area contributed by atoms with Gasteiger partial charge < -0.3 is 35.2 Å². The van der Waals surface area contributed by atoms with E-state index in [4.69, 9.17) is 25.8 Å². The van der Waals surface area contributed by atoms with Crippen molar-refractivity contribution < 1.29 is 28.6 Å². The summed E-state index contributed by atoms with van der Waals surface area (Å²) in [4.78, 5) is 40.8. The predicted octanol–water partition coefficient (Wildman–Crippen LogP) is 4.84. The second kappa shape index (κ2) is 15.5. The van der Waals surface area contributed by atoms with Crippen molar-refractivity contribution in [3.8, 4) is 0 Å². The third-order valence-corrected chi connectivity index (χ3v) is 8.89. The molecule has 0 radical (unpaired) electrons. The fourth-order valence-corrected chi connectivity index (χ4v) is 6.04. The smallest absolute Gasteiger partial charge is 0.293 e. The first kappa shape index (κ1) is 38.5. The first-order valence-electron chi connectivity index (χ1n) is 16.4. The summed E-state index contributed by atoms with van der Waals surface area (Å²) < 4.78 is 16.5. The van der Waals surface area contributed by atoms with Crippen molar-refractivity contribution in [3.63, 3.8) is 0 Å². The van der Waals surface area contributed by atoms with Gasteiger partial charge in [-0.1, -0.05) is 70.2 Å². The van der Waals surface area contributed by atoms with Gasteiger partial charge in [0.25, 0.3) is 6.47 Å². The Morgan fingerprint density at radius 1 is 0.917 bits per heavy atom. The molecule has 11 heteroatoms. The van der Waals surface area contributed by atoms with Crippen molar-refractivity contribution in [2.24, 2.45) is 22.4 Å². The van der Waals surface area contributed by atoms with Gasteiger partial charge >= 0.3 is 0 Å². The van der Waals surface area contributed by atoms with Gasteiger partial charge in [0.1, 0.15) is 6.61 Å². The molecule has 0 unspecified atom stereocenters. The molecule has 0 aromatic heterocycles. The van der Waals surface area contributed by atoms with Crippen LogP contribution in [0, 0.1) is 10.8 Å². The molecule has 0 saturated carbocycles. The number of hydrogen-bond donors (Lipinski definition) is 3. The number of anilines is 1. The van der Waals surface area contributed by atoms with Gasteiger partial charge in [0.15, 0.2) is 0 Å². The number of ether oxygens (including phenoxy) is 3. The number of carbonyl (C=O) groups excluding carboxylic acids is 3. The summed E-state index contributed by atoms with van der Waals surface area (Å²) in [5, 5.41) is 4.51. The van der Waals surface area contributed by atoms with Crippen LogP contribution in [0.2, 0.25) is 0 Å². The lowest BCUT2D eigenvalue weighted by molar-refractivity contribution is -0.136. The van der Waals surface area contributed by atoms with Gasteiger partial charge in [-0.25, -0.2) is 5.84 Å². The highest BCUT2D eigenvalue weighted by molar-refractivity contribution is 6.03. The largest absolute Gasteiger partial charge is 0.466 e. The van der Waals surface area contributed by atoms with Crippen LogP contribution < -0.4 is 21.8 Å². The molecule has 0 spiro atoms. The third kappa shape index (κ3) is 9.58. The molecule has 1 heterocycles. The normalized spacial score (nSPS) is 15.5. The van der Waals surface area contributed by atoms with Crippen molar-refractivity contribution >= 4 is 35.4 Å². The van der Waals surface area contributed by atoms with Gasteiger partial charge in [-0.3, -0.25) is 14.4 Å². The molecule has 0 atom stereocenters. The van der Waals surface area contributed by atoms with Crippen LogP contribution in [0.3, 0.4) is 0 Å². The number of para-hydroxylation sites is 1. The van der Waals surface area contributed by atoms with Crippen molar-refractivity contribution in [2.45, 2.75) is 86.0 Å². The molecule has 0 saturated heterocycles. The number of benzene rings is 2. The van der Waals surface area contributed by atoms with Crippen LogP contribution in [0.4, 0.5) is 5.69 Å². The maximum Gasteiger partial charge on any atom is 0.293 e. The zero-order valence-electron chi connectivity index (χ0n) is 30.1. The van der Waals surface area contributed by atoms with Gasteiger partial charge in [0, 0.05) is 35.6 Å². The highest BCUT2D eigenvalue weighted by Gasteiger charge is 2.42. The molecular weight excluding hydrogens is 610 g/mol. The molecule has 5 N–H and O–H groups in total. The second-order valence-electron chi connectivity index (χ2n) is 14.9. The summed E-state index contributed by atoms with van der Waals surface area (Å²) in [7, 11) is 1.68. The first-order chi connectivity index (χ1) is 22.4. The van der Waals surface area contributed by atoms with Crippen LogP contribution in [0.15, 0.2) is 48.5 Å². The molecule has 11 nitrogen and oxygen atoms in total. The zero-order valence-corrected chi connectivity index (χ0v) is 30.1. The molecule has 0 aliphatic carbocycles. The van der Waals surface area contributed by atoms with E-state index in [1.807, 2.05) is 104 Å². The van der Waals surface area contributed by atoms with Crippen molar-refractivity contribution in [1.29, 1.82) is 0 Å². The number of rotatable bonds is 16. The fraction of sp³-hybridized carbons (Fsp3) is 0.541. The summed E-state index contributed by atoms with van der Waals surface area (Å²) in [6, 6.07) is 15.1. The van der Waals surface area contributed by atoms with E-state index in [0.29, 0.717) is 48.7 Å². The summed E-state index contributed by atoms with van der Waals surface area (Å²) >= 11 is 0. The lowest BCUT2D eigenvalue weighted by Crippen LogP contribution is -2.49. The number of carbonyl (C=O) groups is 3.